The van der Waals surface area contributed by atoms with E-state index in [1.807, 2.05) is 41.8 Å². The maximum atomic E-state index is 12.0. The first-order chi connectivity index (χ1) is 11.2. The number of carbonyl (C=O) groups excluding carboxylic acids is 1. The average molecular weight is 322 g/mol. The van der Waals surface area contributed by atoms with E-state index in [1.54, 1.807) is 35.5 Å². The summed E-state index contributed by atoms with van der Waals surface area (Å²) in [5.41, 5.74) is 2.17. The van der Waals surface area contributed by atoms with E-state index in [0.29, 0.717) is 11.4 Å². The van der Waals surface area contributed by atoms with Gasteiger partial charge in [-0.25, -0.2) is 4.79 Å². The Morgan fingerprint density at radius 2 is 2.04 bits per heavy atom. The number of amides is 2. The normalized spacial score (nSPS) is 9.78. The molecule has 2 aromatic heterocycles. The van der Waals surface area contributed by atoms with Crippen molar-refractivity contribution in [2.24, 2.45) is 7.05 Å². The maximum Gasteiger partial charge on any atom is 0.323 e. The zero-order chi connectivity index (χ0) is 16.1. The third-order valence-electron chi connectivity index (χ3n) is 2.93. The highest BCUT2D eigenvalue weighted by Crippen LogP contribution is 2.12. The summed E-state index contributed by atoms with van der Waals surface area (Å²) >= 11 is 1.60. The van der Waals surface area contributed by atoms with E-state index in [9.17, 15) is 4.79 Å². The minimum atomic E-state index is -0.318. The molecule has 5 nitrogen and oxygen atoms in total. The molecule has 2 amide bonds. The van der Waals surface area contributed by atoms with Crippen LogP contribution < -0.4 is 10.6 Å². The molecule has 2 heterocycles. The third kappa shape index (κ3) is 4.22. The Morgan fingerprint density at radius 3 is 2.78 bits per heavy atom. The SMILES string of the molecule is Cn1cc(NC(=O)Nc2cccc(C#Cc3cccs3)c2)cn1. The van der Waals surface area contributed by atoms with Gasteiger partial charge >= 0.3 is 6.03 Å². The van der Waals surface area contributed by atoms with Crippen LogP contribution in [0.2, 0.25) is 0 Å². The highest BCUT2D eigenvalue weighted by atomic mass is 32.1. The first-order valence-corrected chi connectivity index (χ1v) is 7.79. The Labute approximate surface area is 138 Å². The Morgan fingerprint density at radius 1 is 1.17 bits per heavy atom. The number of thiophene rings is 1. The molecule has 0 bridgehead atoms. The fraction of sp³-hybridized carbons (Fsp3) is 0.0588. The van der Waals surface area contributed by atoms with Gasteiger partial charge in [0.2, 0.25) is 0 Å². The van der Waals surface area contributed by atoms with Gasteiger partial charge in [-0.3, -0.25) is 4.68 Å². The van der Waals surface area contributed by atoms with Crippen molar-refractivity contribution in [3.63, 3.8) is 0 Å². The molecule has 0 aliphatic heterocycles. The zero-order valence-corrected chi connectivity index (χ0v) is 13.2. The van der Waals surface area contributed by atoms with Crippen LogP contribution in [0.1, 0.15) is 10.4 Å². The minimum Gasteiger partial charge on any atom is -0.308 e. The number of urea groups is 1. The van der Waals surface area contributed by atoms with Crippen molar-refractivity contribution < 1.29 is 4.79 Å². The van der Waals surface area contributed by atoms with Gasteiger partial charge in [0, 0.05) is 24.5 Å². The van der Waals surface area contributed by atoms with Gasteiger partial charge in [0.25, 0.3) is 0 Å². The maximum absolute atomic E-state index is 12.0. The summed E-state index contributed by atoms with van der Waals surface area (Å²) in [4.78, 5) is 13.0. The van der Waals surface area contributed by atoms with Gasteiger partial charge in [-0.2, -0.15) is 5.10 Å². The summed E-state index contributed by atoms with van der Waals surface area (Å²) in [6.07, 6.45) is 3.31. The van der Waals surface area contributed by atoms with E-state index in [4.69, 9.17) is 0 Å². The highest BCUT2D eigenvalue weighted by Gasteiger charge is 2.04. The van der Waals surface area contributed by atoms with Crippen molar-refractivity contribution in [3.8, 4) is 11.8 Å². The van der Waals surface area contributed by atoms with Gasteiger partial charge in [-0.05, 0) is 29.6 Å². The lowest BCUT2D eigenvalue weighted by Gasteiger charge is -2.06. The summed E-state index contributed by atoms with van der Waals surface area (Å²) < 4.78 is 1.62. The molecule has 0 aliphatic rings. The summed E-state index contributed by atoms with van der Waals surface area (Å²) in [7, 11) is 1.79. The van der Waals surface area contributed by atoms with Crippen molar-refractivity contribution in [3.05, 3.63) is 64.6 Å². The molecule has 0 unspecified atom stereocenters. The van der Waals surface area contributed by atoms with Crippen molar-refractivity contribution in [1.82, 2.24) is 9.78 Å². The van der Waals surface area contributed by atoms with Gasteiger partial charge in [0.1, 0.15) is 0 Å². The molecule has 0 saturated heterocycles. The van der Waals surface area contributed by atoms with Crippen LogP contribution in [0.4, 0.5) is 16.2 Å². The number of nitrogens with zero attached hydrogens (tertiary/aromatic N) is 2. The van der Waals surface area contributed by atoms with Crippen molar-refractivity contribution in [2.45, 2.75) is 0 Å². The first kappa shape index (κ1) is 14.9. The third-order valence-corrected chi connectivity index (χ3v) is 3.72. The Hall–Kier alpha value is -3.04. The summed E-state index contributed by atoms with van der Waals surface area (Å²) in [6.45, 7) is 0. The van der Waals surface area contributed by atoms with Crippen molar-refractivity contribution >= 4 is 28.7 Å². The Kier molecular flexibility index (Phi) is 4.41. The number of rotatable bonds is 2. The van der Waals surface area contributed by atoms with E-state index >= 15 is 0 Å². The number of carbonyl (C=O) groups is 1. The molecule has 0 spiro atoms. The second-order valence-electron chi connectivity index (χ2n) is 4.79. The number of hydrogen-bond acceptors (Lipinski definition) is 3. The number of aryl methyl sites for hydroxylation is 1. The second-order valence-corrected chi connectivity index (χ2v) is 5.74. The smallest absolute Gasteiger partial charge is 0.308 e. The number of benzene rings is 1. The molecule has 0 fully saturated rings. The highest BCUT2D eigenvalue weighted by molar-refractivity contribution is 7.10. The predicted octanol–water partition coefficient (Wildman–Crippen LogP) is 3.53. The van der Waals surface area contributed by atoms with E-state index in [-0.39, 0.29) is 6.03 Å². The number of hydrogen-bond donors (Lipinski definition) is 2. The lowest BCUT2D eigenvalue weighted by molar-refractivity contribution is 0.262. The molecule has 0 radical (unpaired) electrons. The molecule has 3 aromatic rings. The van der Waals surface area contributed by atoms with Crippen LogP contribution in [-0.4, -0.2) is 15.8 Å². The molecule has 3 rings (SSSR count). The second kappa shape index (κ2) is 6.81. The first-order valence-electron chi connectivity index (χ1n) is 6.91. The summed E-state index contributed by atoms with van der Waals surface area (Å²) in [5, 5.41) is 11.5. The lowest BCUT2D eigenvalue weighted by atomic mass is 10.2. The average Bonchev–Trinajstić information content (AvgIpc) is 3.17. The van der Waals surface area contributed by atoms with Gasteiger partial charge in [0.15, 0.2) is 0 Å². The van der Waals surface area contributed by atoms with Crippen LogP contribution in [0.3, 0.4) is 0 Å². The van der Waals surface area contributed by atoms with E-state index in [1.165, 1.54) is 0 Å². The van der Waals surface area contributed by atoms with Crippen LogP contribution in [0, 0.1) is 11.8 Å². The summed E-state index contributed by atoms with van der Waals surface area (Å²) in [5.74, 6) is 6.18. The molecule has 0 aliphatic carbocycles. The van der Waals surface area contributed by atoms with Gasteiger partial charge in [-0.1, -0.05) is 24.0 Å². The van der Waals surface area contributed by atoms with E-state index in [2.05, 4.69) is 27.6 Å². The molecular weight excluding hydrogens is 308 g/mol. The predicted molar refractivity (Wildman–Crippen MR) is 92.6 cm³/mol. The molecule has 114 valence electrons. The molecular formula is C17H14N4OS. The van der Waals surface area contributed by atoms with E-state index < -0.39 is 0 Å². The minimum absolute atomic E-state index is 0.318. The molecule has 23 heavy (non-hydrogen) atoms. The molecule has 0 atom stereocenters. The molecule has 6 heteroatoms. The van der Waals surface area contributed by atoms with Crippen LogP contribution in [0.25, 0.3) is 0 Å². The number of anilines is 2. The standard InChI is InChI=1S/C17H14N4OS/c1-21-12-15(11-18-21)20-17(22)19-14-5-2-4-13(10-14)7-8-16-6-3-9-23-16/h2-6,9-12H,1H3,(H2,19,20,22). The lowest BCUT2D eigenvalue weighted by Crippen LogP contribution is -2.19. The van der Waals surface area contributed by atoms with Crippen LogP contribution >= 0.6 is 11.3 Å². The quantitative estimate of drug-likeness (QED) is 0.709. The molecule has 0 saturated carbocycles. The molecule has 2 N–H and O–H groups in total. The van der Waals surface area contributed by atoms with Crippen molar-refractivity contribution in [2.75, 3.05) is 10.6 Å². The Bertz CT molecular complexity index is 871. The molecule has 1 aromatic carbocycles. The monoisotopic (exact) mass is 322 g/mol. The van der Waals surface area contributed by atoms with Crippen LogP contribution in [0.5, 0.6) is 0 Å². The fourth-order valence-corrected chi connectivity index (χ4v) is 2.51. The zero-order valence-electron chi connectivity index (χ0n) is 12.4. The number of aromatic nitrogens is 2. The fourth-order valence-electron chi connectivity index (χ4n) is 1.94. The van der Waals surface area contributed by atoms with Gasteiger partial charge in [0.05, 0.1) is 16.8 Å². The van der Waals surface area contributed by atoms with Gasteiger partial charge in [-0.15, -0.1) is 11.3 Å². The van der Waals surface area contributed by atoms with Crippen molar-refractivity contribution in [1.29, 1.82) is 0 Å². The van der Waals surface area contributed by atoms with Crippen LogP contribution in [-0.2, 0) is 7.05 Å². The van der Waals surface area contributed by atoms with Gasteiger partial charge < -0.3 is 10.6 Å². The number of nitrogens with one attached hydrogen (secondary N) is 2. The van der Waals surface area contributed by atoms with E-state index in [0.717, 1.165) is 10.4 Å². The topological polar surface area (TPSA) is 59.0 Å². The largest absolute Gasteiger partial charge is 0.323 e. The Balaban J connectivity index is 1.66. The van der Waals surface area contributed by atoms with Crippen LogP contribution in [0.15, 0.2) is 54.2 Å². The summed E-state index contributed by atoms with van der Waals surface area (Å²) in [6, 6.07) is 11.0.